The average molecular weight is 429 g/mol. The molecule has 6 nitrogen and oxygen atoms in total. The molecule has 0 bridgehead atoms. The van der Waals surface area contributed by atoms with Crippen molar-refractivity contribution in [3.05, 3.63) is 95.6 Å². The van der Waals surface area contributed by atoms with E-state index in [2.05, 4.69) is 10.0 Å². The molecule has 7 heteroatoms. The second-order valence-corrected chi connectivity index (χ2v) is 9.39. The fourth-order valence-corrected chi connectivity index (χ4v) is 4.47. The van der Waals surface area contributed by atoms with Crippen molar-refractivity contribution < 1.29 is 18.6 Å². The Morgan fingerprint density at radius 3 is 2.23 bits per heavy atom. The summed E-state index contributed by atoms with van der Waals surface area (Å²) in [5.74, 6) is 0. The monoisotopic (exact) mass is 428 g/mol. The van der Waals surface area contributed by atoms with Crippen LogP contribution >= 0.6 is 0 Å². The molecule has 0 saturated heterocycles. The van der Waals surface area contributed by atoms with Gasteiger partial charge in [-0.05, 0) is 24.5 Å². The molecular formula is C23H28N2O4S. The maximum Gasteiger partial charge on any atom is 0.209 e. The van der Waals surface area contributed by atoms with Crippen LogP contribution in [-0.4, -0.2) is 42.8 Å². The van der Waals surface area contributed by atoms with E-state index >= 15 is 0 Å². The van der Waals surface area contributed by atoms with Crippen molar-refractivity contribution in [1.29, 1.82) is 0 Å². The summed E-state index contributed by atoms with van der Waals surface area (Å²) in [4.78, 5) is 0. The Labute approximate surface area is 178 Å². The van der Waals surface area contributed by atoms with Crippen molar-refractivity contribution in [3.8, 4) is 0 Å². The Hall–Kier alpha value is -2.29. The largest absolute Gasteiger partial charge is 0.389 e. The Morgan fingerprint density at radius 2 is 1.67 bits per heavy atom. The molecule has 0 aliphatic heterocycles. The van der Waals surface area contributed by atoms with E-state index in [0.717, 1.165) is 17.4 Å². The van der Waals surface area contributed by atoms with E-state index < -0.39 is 27.9 Å². The molecule has 0 fully saturated rings. The second-order valence-electron chi connectivity index (χ2n) is 7.61. The first-order valence-electron chi connectivity index (χ1n) is 9.82. The van der Waals surface area contributed by atoms with E-state index in [0.29, 0.717) is 12.0 Å². The molecule has 4 unspecified atom stereocenters. The molecule has 0 aromatic heterocycles. The Balaban J connectivity index is 2.01. The summed E-state index contributed by atoms with van der Waals surface area (Å²) < 4.78 is 26.4. The van der Waals surface area contributed by atoms with Crippen LogP contribution in [0.3, 0.4) is 0 Å². The first-order chi connectivity index (χ1) is 14.2. The number of hydrogen-bond donors (Lipinski definition) is 4. The van der Waals surface area contributed by atoms with Crippen LogP contribution in [0, 0.1) is 0 Å². The first kappa shape index (κ1) is 22.4. The first-order valence-corrected chi connectivity index (χ1v) is 11.7. The summed E-state index contributed by atoms with van der Waals surface area (Å²) >= 11 is 0. The molecular weight excluding hydrogens is 400 g/mol. The minimum atomic E-state index is -3.61. The van der Waals surface area contributed by atoms with Crippen LogP contribution in [0.25, 0.3) is 0 Å². The summed E-state index contributed by atoms with van der Waals surface area (Å²) in [6.45, 7) is 1.55. The SMILES string of the molecule is CC(O)C1=CC=CC(NS(C)(=O)=O)C1(O)NC(Cc1ccccc1)c1ccccc1. The van der Waals surface area contributed by atoms with Gasteiger partial charge >= 0.3 is 0 Å². The Morgan fingerprint density at radius 1 is 1.07 bits per heavy atom. The van der Waals surface area contributed by atoms with Gasteiger partial charge in [-0.15, -0.1) is 0 Å². The van der Waals surface area contributed by atoms with Crippen LogP contribution in [0.1, 0.15) is 24.1 Å². The number of nitrogens with one attached hydrogen (secondary N) is 2. The molecule has 4 N–H and O–H groups in total. The van der Waals surface area contributed by atoms with Gasteiger partial charge in [-0.25, -0.2) is 13.1 Å². The maximum absolute atomic E-state index is 11.9. The Kier molecular flexibility index (Phi) is 6.90. The summed E-state index contributed by atoms with van der Waals surface area (Å²) in [7, 11) is -3.61. The lowest BCUT2D eigenvalue weighted by molar-refractivity contribution is -0.00655. The molecule has 2 aromatic rings. The third kappa shape index (κ3) is 5.44. The van der Waals surface area contributed by atoms with Crippen LogP contribution in [0.15, 0.2) is 84.5 Å². The van der Waals surface area contributed by atoms with E-state index in [9.17, 15) is 18.6 Å². The van der Waals surface area contributed by atoms with Gasteiger partial charge in [-0.2, -0.15) is 0 Å². The van der Waals surface area contributed by atoms with Gasteiger partial charge in [0.1, 0.15) is 0 Å². The molecule has 1 aliphatic rings. The zero-order valence-corrected chi connectivity index (χ0v) is 17.9. The molecule has 30 heavy (non-hydrogen) atoms. The zero-order chi connectivity index (χ0) is 21.8. The minimum Gasteiger partial charge on any atom is -0.389 e. The van der Waals surface area contributed by atoms with Gasteiger partial charge in [0.15, 0.2) is 5.72 Å². The van der Waals surface area contributed by atoms with Gasteiger partial charge < -0.3 is 10.2 Å². The lowest BCUT2D eigenvalue weighted by Crippen LogP contribution is -2.64. The highest BCUT2D eigenvalue weighted by Gasteiger charge is 2.44. The van der Waals surface area contributed by atoms with Crippen LogP contribution < -0.4 is 10.0 Å². The van der Waals surface area contributed by atoms with Crippen LogP contribution in [-0.2, 0) is 16.4 Å². The van der Waals surface area contributed by atoms with Crippen molar-refractivity contribution in [2.45, 2.75) is 37.3 Å². The highest BCUT2D eigenvalue weighted by molar-refractivity contribution is 7.88. The fourth-order valence-electron chi connectivity index (χ4n) is 3.76. The van der Waals surface area contributed by atoms with Crippen molar-refractivity contribution >= 4 is 10.0 Å². The summed E-state index contributed by atoms with van der Waals surface area (Å²) in [5.41, 5.74) is 0.470. The molecule has 160 valence electrons. The summed E-state index contributed by atoms with van der Waals surface area (Å²) in [6.07, 6.45) is 5.45. The predicted molar refractivity (Wildman–Crippen MR) is 118 cm³/mol. The second kappa shape index (κ2) is 9.24. The predicted octanol–water partition coefficient (Wildman–Crippen LogP) is 2.04. The van der Waals surface area contributed by atoms with Gasteiger partial charge in [0, 0.05) is 11.6 Å². The van der Waals surface area contributed by atoms with E-state index in [1.165, 1.54) is 0 Å². The molecule has 3 rings (SSSR count). The van der Waals surface area contributed by atoms with E-state index in [4.69, 9.17) is 0 Å². The molecule has 0 heterocycles. The number of aliphatic hydroxyl groups is 2. The Bertz CT molecular complexity index is 1000. The third-order valence-electron chi connectivity index (χ3n) is 5.14. The normalized spacial score (nSPS) is 23.6. The molecule has 0 amide bonds. The molecule has 2 aromatic carbocycles. The van der Waals surface area contributed by atoms with Crippen LogP contribution in [0.5, 0.6) is 0 Å². The van der Waals surface area contributed by atoms with Gasteiger partial charge in [0.25, 0.3) is 0 Å². The standard InChI is InChI=1S/C23H28N2O4S/c1-17(26)20-14-9-15-22(25-30(2,28)29)23(20,27)24-21(19-12-7-4-8-13-19)16-18-10-5-3-6-11-18/h3-15,17,21-22,24-27H,16H2,1-2H3. The van der Waals surface area contributed by atoms with Crippen molar-refractivity contribution in [2.24, 2.45) is 0 Å². The summed E-state index contributed by atoms with van der Waals surface area (Å²) in [6, 6.07) is 18.2. The number of benzene rings is 2. The molecule has 0 saturated carbocycles. The number of sulfonamides is 1. The molecule has 0 spiro atoms. The smallest absolute Gasteiger partial charge is 0.209 e. The quantitative estimate of drug-likeness (QED) is 0.483. The van der Waals surface area contributed by atoms with E-state index in [1.54, 1.807) is 25.2 Å². The van der Waals surface area contributed by atoms with Gasteiger partial charge in [0.05, 0.1) is 18.4 Å². The van der Waals surface area contributed by atoms with Crippen LogP contribution in [0.4, 0.5) is 0 Å². The van der Waals surface area contributed by atoms with E-state index in [-0.39, 0.29) is 6.04 Å². The lowest BCUT2D eigenvalue weighted by atomic mass is 9.85. The number of rotatable bonds is 8. The van der Waals surface area contributed by atoms with Gasteiger partial charge in [0.2, 0.25) is 10.0 Å². The lowest BCUT2D eigenvalue weighted by Gasteiger charge is -2.43. The fraction of sp³-hybridized carbons (Fsp3) is 0.304. The number of hydrogen-bond acceptors (Lipinski definition) is 5. The topological polar surface area (TPSA) is 98.7 Å². The summed E-state index contributed by atoms with van der Waals surface area (Å²) in [5, 5.41) is 25.3. The van der Waals surface area contributed by atoms with Gasteiger partial charge in [-0.3, -0.25) is 5.32 Å². The number of allylic oxidation sites excluding steroid dienone is 2. The highest BCUT2D eigenvalue weighted by atomic mass is 32.2. The van der Waals surface area contributed by atoms with Crippen molar-refractivity contribution in [3.63, 3.8) is 0 Å². The number of aliphatic hydroxyl groups excluding tert-OH is 1. The molecule has 0 radical (unpaired) electrons. The highest BCUT2D eigenvalue weighted by Crippen LogP contribution is 2.31. The third-order valence-corrected chi connectivity index (χ3v) is 5.82. The van der Waals surface area contributed by atoms with Crippen LogP contribution in [0.2, 0.25) is 0 Å². The van der Waals surface area contributed by atoms with Gasteiger partial charge in [-0.1, -0.05) is 78.9 Å². The molecule has 4 atom stereocenters. The minimum absolute atomic E-state index is 0.292. The van der Waals surface area contributed by atoms with Crippen molar-refractivity contribution in [2.75, 3.05) is 6.26 Å². The maximum atomic E-state index is 11.9. The average Bonchev–Trinajstić information content (AvgIpc) is 2.69. The van der Waals surface area contributed by atoms with E-state index in [1.807, 2.05) is 60.7 Å². The van der Waals surface area contributed by atoms with Crippen molar-refractivity contribution in [1.82, 2.24) is 10.0 Å². The molecule has 1 aliphatic carbocycles. The zero-order valence-electron chi connectivity index (χ0n) is 17.1.